The number of tetrazole rings is 1. The van der Waals surface area contributed by atoms with Crippen molar-refractivity contribution in [3.05, 3.63) is 88.0 Å². The molecule has 1 N–H and O–H groups in total. The van der Waals surface area contributed by atoms with Gasteiger partial charge in [0.05, 0.1) is 36.4 Å². The number of hydrogen-bond acceptors (Lipinski definition) is 10. The third-order valence-corrected chi connectivity index (χ3v) is 6.63. The summed E-state index contributed by atoms with van der Waals surface area (Å²) in [6, 6.07) is 20.5. The van der Waals surface area contributed by atoms with Crippen molar-refractivity contribution in [1.29, 1.82) is 0 Å². The van der Waals surface area contributed by atoms with Crippen molar-refractivity contribution < 1.29 is 29.4 Å². The van der Waals surface area contributed by atoms with Gasteiger partial charge in [0, 0.05) is 12.0 Å². The summed E-state index contributed by atoms with van der Waals surface area (Å²) in [5, 5.41) is 31.4. The van der Waals surface area contributed by atoms with Crippen LogP contribution in [-0.2, 0) is 11.4 Å². The fraction of sp³-hybridized carbons (Fsp3) is 0.241. The molecular weight excluding hydrogens is 558 g/mol. The maximum atomic E-state index is 12.5. The zero-order valence-electron chi connectivity index (χ0n) is 23.1. The van der Waals surface area contributed by atoms with E-state index in [1.54, 1.807) is 22.8 Å². The first kappa shape index (κ1) is 28.9. The zero-order chi connectivity index (χ0) is 30.3. The average Bonchev–Trinajstić information content (AvgIpc) is 3.63. The quantitative estimate of drug-likeness (QED) is 0.117. The van der Waals surface area contributed by atoms with E-state index in [1.807, 2.05) is 55.5 Å². The van der Waals surface area contributed by atoms with Crippen LogP contribution in [0.1, 0.15) is 46.9 Å². The molecule has 43 heavy (non-hydrogen) atoms. The number of carboxylic acid groups (broad SMARTS) is 1. The molecule has 0 radical (unpaired) electrons. The maximum Gasteiger partial charge on any atom is 0.337 e. The van der Waals surface area contributed by atoms with Gasteiger partial charge in [0.25, 0.3) is 17.0 Å². The molecule has 2 heterocycles. The van der Waals surface area contributed by atoms with Gasteiger partial charge in [-0.3, -0.25) is 9.36 Å². The Hall–Kier alpha value is -5.66. The van der Waals surface area contributed by atoms with Crippen LogP contribution in [0.25, 0.3) is 33.5 Å². The molecule has 0 bridgehead atoms. The zero-order valence-corrected chi connectivity index (χ0v) is 23.1. The smallest absolute Gasteiger partial charge is 0.337 e. The summed E-state index contributed by atoms with van der Waals surface area (Å²) in [6.07, 6.45) is 0.814. The molecule has 0 fully saturated rings. The number of fused-ring (bicyclic) bond motifs is 1. The van der Waals surface area contributed by atoms with E-state index in [-0.39, 0.29) is 30.3 Å². The fourth-order valence-electron chi connectivity index (χ4n) is 4.67. The number of nitrogens with zero attached hydrogens (tertiary/aromatic N) is 7. The Kier molecular flexibility index (Phi) is 8.65. The van der Waals surface area contributed by atoms with E-state index in [0.717, 1.165) is 21.5 Å². The van der Waals surface area contributed by atoms with Crippen molar-refractivity contribution >= 4 is 22.9 Å². The molecule has 3 aromatic carbocycles. The lowest BCUT2D eigenvalue weighted by molar-refractivity contribution is -0.757. The minimum absolute atomic E-state index is 0.0849. The molecular formula is C29H27N7O7. The summed E-state index contributed by atoms with van der Waals surface area (Å²) in [5.41, 5.74) is 4.45. The number of rotatable bonds is 13. The summed E-state index contributed by atoms with van der Waals surface area (Å²) in [7, 11) is 0. The lowest BCUT2D eigenvalue weighted by Crippen LogP contribution is -2.14. The summed E-state index contributed by atoms with van der Waals surface area (Å²) < 4.78 is 7.49. The largest absolute Gasteiger partial charge is 0.478 e. The highest BCUT2D eigenvalue weighted by molar-refractivity contribution is 6.01. The van der Waals surface area contributed by atoms with Crippen molar-refractivity contribution in [2.24, 2.45) is 0 Å². The van der Waals surface area contributed by atoms with Gasteiger partial charge >= 0.3 is 5.97 Å². The van der Waals surface area contributed by atoms with Crippen LogP contribution >= 0.6 is 0 Å². The van der Waals surface area contributed by atoms with Crippen LogP contribution in [0.2, 0.25) is 0 Å². The van der Waals surface area contributed by atoms with Crippen LogP contribution in [0, 0.1) is 10.1 Å². The number of benzene rings is 3. The number of ether oxygens (including phenoxy) is 1. The van der Waals surface area contributed by atoms with Crippen LogP contribution in [0.4, 0.5) is 0 Å². The highest BCUT2D eigenvalue weighted by Crippen LogP contribution is 2.31. The lowest BCUT2D eigenvalue weighted by Gasteiger charge is -2.12. The Morgan fingerprint density at radius 1 is 1.00 bits per heavy atom. The Labute approximate surface area is 244 Å². The molecule has 0 unspecified atom stereocenters. The minimum atomic E-state index is -1.05. The number of aromatic carboxylic acids is 1. The molecule has 0 aliphatic carbocycles. The third-order valence-electron chi connectivity index (χ3n) is 6.63. The van der Waals surface area contributed by atoms with E-state index in [1.165, 1.54) is 0 Å². The molecule has 0 saturated heterocycles. The number of carboxylic acids is 1. The molecule has 0 amide bonds. The number of imidazole rings is 1. The number of unbranched alkanes of at least 4 members (excludes halogenated alkanes) is 1. The molecule has 0 spiro atoms. The van der Waals surface area contributed by atoms with Crippen molar-refractivity contribution in [1.82, 2.24) is 29.8 Å². The van der Waals surface area contributed by atoms with Crippen molar-refractivity contribution in [3.8, 4) is 28.5 Å². The number of carbonyl (C=O) groups is 2. The maximum absolute atomic E-state index is 12.5. The summed E-state index contributed by atoms with van der Waals surface area (Å²) in [4.78, 5) is 44.3. The van der Waals surface area contributed by atoms with Gasteiger partial charge in [0.2, 0.25) is 5.82 Å². The molecule has 5 aromatic rings. The minimum Gasteiger partial charge on any atom is -0.478 e. The standard InChI is InChI=1S/C29H27N7O7/c1-2-42-29-30-24-11-7-10-23(28(38)39)26(24)34(29)18-19-13-15-20(16-14-19)21-8-3-4-9-22(21)27-31-33-35(32-27)25(37)12-5-6-17-43-36(40)41/h3-4,7-11,13-16H,2,5-6,12,17-18H2,1H3,(H,38,39). The van der Waals surface area contributed by atoms with Gasteiger partial charge in [-0.15, -0.1) is 20.3 Å². The van der Waals surface area contributed by atoms with Crippen molar-refractivity contribution in [2.75, 3.05) is 13.2 Å². The van der Waals surface area contributed by atoms with E-state index < -0.39 is 11.1 Å². The summed E-state index contributed by atoms with van der Waals surface area (Å²) in [6.45, 7) is 2.48. The molecule has 5 rings (SSSR count). The second-order valence-corrected chi connectivity index (χ2v) is 9.44. The van der Waals surface area contributed by atoms with E-state index in [0.29, 0.717) is 48.6 Å². The van der Waals surface area contributed by atoms with Crippen LogP contribution < -0.4 is 4.74 Å². The summed E-state index contributed by atoms with van der Waals surface area (Å²) >= 11 is 0. The molecule has 0 aliphatic heterocycles. The van der Waals surface area contributed by atoms with Crippen LogP contribution in [0.5, 0.6) is 6.01 Å². The Bertz CT molecular complexity index is 1780. The van der Waals surface area contributed by atoms with Crippen LogP contribution in [0.15, 0.2) is 66.7 Å². The van der Waals surface area contributed by atoms with Gasteiger partial charge in [-0.05, 0) is 53.8 Å². The molecule has 220 valence electrons. The topological polar surface area (TPSA) is 177 Å². The number of carbonyl (C=O) groups excluding carboxylic acids is 1. The highest BCUT2D eigenvalue weighted by Gasteiger charge is 2.19. The second-order valence-electron chi connectivity index (χ2n) is 9.44. The summed E-state index contributed by atoms with van der Waals surface area (Å²) in [5.74, 6) is -1.15. The fourth-order valence-corrected chi connectivity index (χ4v) is 4.67. The monoisotopic (exact) mass is 585 g/mol. The predicted molar refractivity (Wildman–Crippen MR) is 153 cm³/mol. The average molecular weight is 586 g/mol. The molecule has 0 saturated carbocycles. The highest BCUT2D eigenvalue weighted by atomic mass is 16.9. The Balaban J connectivity index is 1.36. The number of aromatic nitrogens is 6. The first-order valence-corrected chi connectivity index (χ1v) is 13.5. The third kappa shape index (κ3) is 6.48. The molecule has 0 atom stereocenters. The lowest BCUT2D eigenvalue weighted by atomic mass is 9.98. The second kappa shape index (κ2) is 12.9. The van der Waals surface area contributed by atoms with E-state index in [4.69, 9.17) is 4.74 Å². The van der Waals surface area contributed by atoms with Gasteiger partial charge in [0.15, 0.2) is 0 Å². The van der Waals surface area contributed by atoms with Crippen molar-refractivity contribution in [3.63, 3.8) is 0 Å². The molecule has 14 nitrogen and oxygen atoms in total. The van der Waals surface area contributed by atoms with Crippen molar-refractivity contribution in [2.45, 2.75) is 32.7 Å². The number of hydrogen-bond donors (Lipinski definition) is 1. The van der Waals surface area contributed by atoms with Gasteiger partial charge in [0.1, 0.15) is 0 Å². The van der Waals surface area contributed by atoms with Gasteiger partial charge < -0.3 is 14.7 Å². The van der Waals surface area contributed by atoms with Gasteiger partial charge in [-0.1, -0.05) is 59.4 Å². The van der Waals surface area contributed by atoms with Crippen LogP contribution in [0.3, 0.4) is 0 Å². The first-order valence-electron chi connectivity index (χ1n) is 13.5. The van der Waals surface area contributed by atoms with Gasteiger partial charge in [-0.2, -0.15) is 4.98 Å². The van der Waals surface area contributed by atoms with Crippen LogP contribution in [-0.4, -0.2) is 65.0 Å². The van der Waals surface area contributed by atoms with E-state index in [2.05, 4.69) is 25.2 Å². The normalized spacial score (nSPS) is 11.0. The molecule has 2 aromatic heterocycles. The predicted octanol–water partition coefficient (Wildman–Crippen LogP) is 4.52. The van der Waals surface area contributed by atoms with Gasteiger partial charge in [-0.25, -0.2) is 4.79 Å². The Morgan fingerprint density at radius 2 is 1.77 bits per heavy atom. The van der Waals surface area contributed by atoms with E-state index in [9.17, 15) is 24.8 Å². The SMILES string of the molecule is CCOc1nc2cccc(C(=O)O)c2n1Cc1ccc(-c2ccccc2-c2nnn(C(=O)CCCCO[N+](=O)[O-])n2)cc1. The first-order chi connectivity index (χ1) is 20.9. The number of para-hydroxylation sites is 1. The molecule has 0 aliphatic rings. The Morgan fingerprint density at radius 3 is 2.49 bits per heavy atom. The van der Waals surface area contributed by atoms with E-state index >= 15 is 0 Å². The molecule has 14 heteroatoms.